The molecule has 152 valence electrons. The van der Waals surface area contributed by atoms with Crippen LogP contribution in [0.2, 0.25) is 10.0 Å². The van der Waals surface area contributed by atoms with Crippen molar-refractivity contribution < 1.29 is 13.2 Å². The number of carbonyl (C=O) groups excluding carboxylic acids is 1. The van der Waals surface area contributed by atoms with Crippen molar-refractivity contribution >= 4 is 55.6 Å². The topological polar surface area (TPSA) is 88.2 Å². The molecule has 29 heavy (non-hydrogen) atoms. The summed E-state index contributed by atoms with van der Waals surface area (Å²) in [5.41, 5.74) is 0.871. The summed E-state index contributed by atoms with van der Waals surface area (Å²) in [6.45, 7) is -0.0145. The first kappa shape index (κ1) is 21.7. The Hall–Kier alpha value is -1.97. The Bertz CT molecular complexity index is 1100. The lowest BCUT2D eigenvalue weighted by atomic mass is 10.1. The van der Waals surface area contributed by atoms with Crippen molar-refractivity contribution in [2.45, 2.75) is 17.7 Å². The van der Waals surface area contributed by atoms with E-state index in [-0.39, 0.29) is 23.8 Å². The van der Waals surface area contributed by atoms with Gasteiger partial charge < -0.3 is 5.32 Å². The summed E-state index contributed by atoms with van der Waals surface area (Å²) in [5, 5.41) is 4.32. The Kier molecular flexibility index (Phi) is 7.26. The number of aromatic nitrogens is 1. The molecule has 1 amide bonds. The predicted molar refractivity (Wildman–Crippen MR) is 116 cm³/mol. The smallest absolute Gasteiger partial charge is 0.240 e. The molecule has 3 rings (SSSR count). The quantitative estimate of drug-likeness (QED) is 0.513. The van der Waals surface area contributed by atoms with E-state index in [9.17, 15) is 13.2 Å². The molecule has 0 atom stereocenters. The average molecular weight is 470 g/mol. The van der Waals surface area contributed by atoms with Crippen molar-refractivity contribution in [1.29, 1.82) is 0 Å². The lowest BCUT2D eigenvalue weighted by molar-refractivity contribution is -0.116. The number of anilines is 1. The van der Waals surface area contributed by atoms with Crippen molar-refractivity contribution in [2.24, 2.45) is 0 Å². The van der Waals surface area contributed by atoms with Crippen LogP contribution in [0.15, 0.2) is 59.6 Å². The minimum Gasteiger partial charge on any atom is -0.302 e. The number of hydrogen-bond acceptors (Lipinski definition) is 5. The highest BCUT2D eigenvalue weighted by molar-refractivity contribution is 7.89. The third-order valence-corrected chi connectivity index (χ3v) is 6.86. The van der Waals surface area contributed by atoms with Gasteiger partial charge in [0.15, 0.2) is 5.13 Å². The van der Waals surface area contributed by atoms with Gasteiger partial charge in [0.25, 0.3) is 0 Å². The molecule has 0 bridgehead atoms. The van der Waals surface area contributed by atoms with E-state index in [4.69, 9.17) is 23.2 Å². The summed E-state index contributed by atoms with van der Waals surface area (Å²) in [6, 6.07) is 13.2. The first-order valence-electron chi connectivity index (χ1n) is 8.57. The van der Waals surface area contributed by atoms with Crippen LogP contribution in [-0.2, 0) is 21.2 Å². The SMILES string of the molecule is O=C(CCNS(=O)(=O)c1ccccc1)Nc1ncc(Cc2cc(Cl)ccc2Cl)s1. The van der Waals surface area contributed by atoms with Gasteiger partial charge >= 0.3 is 0 Å². The van der Waals surface area contributed by atoms with E-state index in [1.165, 1.54) is 23.5 Å². The molecular weight excluding hydrogens is 453 g/mol. The number of amides is 1. The van der Waals surface area contributed by atoms with Crippen LogP contribution in [0.4, 0.5) is 5.13 Å². The van der Waals surface area contributed by atoms with Gasteiger partial charge in [-0.05, 0) is 35.9 Å². The molecule has 0 radical (unpaired) electrons. The molecule has 1 heterocycles. The summed E-state index contributed by atoms with van der Waals surface area (Å²) >= 11 is 13.5. The Morgan fingerprint density at radius 3 is 2.62 bits per heavy atom. The summed E-state index contributed by atoms with van der Waals surface area (Å²) < 4.78 is 26.7. The van der Waals surface area contributed by atoms with Gasteiger partial charge in [-0.1, -0.05) is 41.4 Å². The van der Waals surface area contributed by atoms with Crippen molar-refractivity contribution in [2.75, 3.05) is 11.9 Å². The van der Waals surface area contributed by atoms with Crippen LogP contribution < -0.4 is 10.0 Å². The van der Waals surface area contributed by atoms with E-state index in [1.54, 1.807) is 42.6 Å². The number of sulfonamides is 1. The fourth-order valence-electron chi connectivity index (χ4n) is 2.48. The van der Waals surface area contributed by atoms with Crippen molar-refractivity contribution in [3.63, 3.8) is 0 Å². The molecule has 0 saturated heterocycles. The van der Waals surface area contributed by atoms with Crippen LogP contribution in [0, 0.1) is 0 Å². The van der Waals surface area contributed by atoms with Crippen molar-refractivity contribution in [3.8, 4) is 0 Å². The van der Waals surface area contributed by atoms with Gasteiger partial charge in [0, 0.05) is 40.5 Å². The van der Waals surface area contributed by atoms with Gasteiger partial charge in [-0.3, -0.25) is 4.79 Å². The second-order valence-corrected chi connectivity index (χ2v) is 9.78. The minimum absolute atomic E-state index is 0.0128. The largest absolute Gasteiger partial charge is 0.302 e. The maximum absolute atomic E-state index is 12.1. The first-order chi connectivity index (χ1) is 13.8. The fourth-order valence-corrected chi connectivity index (χ4v) is 4.76. The van der Waals surface area contributed by atoms with E-state index in [0.29, 0.717) is 21.6 Å². The molecule has 0 spiro atoms. The third-order valence-electron chi connectivity index (χ3n) is 3.87. The molecule has 1 aromatic heterocycles. The van der Waals surface area contributed by atoms with Crippen molar-refractivity contribution in [1.82, 2.24) is 9.71 Å². The number of thiazole rings is 1. The number of rotatable bonds is 8. The number of nitrogens with zero attached hydrogens (tertiary/aromatic N) is 1. The summed E-state index contributed by atoms with van der Waals surface area (Å²) in [6.07, 6.45) is 2.19. The Morgan fingerprint density at radius 2 is 1.86 bits per heavy atom. The summed E-state index contributed by atoms with van der Waals surface area (Å²) in [4.78, 5) is 17.3. The highest BCUT2D eigenvalue weighted by Gasteiger charge is 2.14. The van der Waals surface area contributed by atoms with Gasteiger partial charge in [0.1, 0.15) is 0 Å². The van der Waals surface area contributed by atoms with Gasteiger partial charge in [-0.2, -0.15) is 0 Å². The van der Waals surface area contributed by atoms with E-state index in [2.05, 4.69) is 15.0 Å². The van der Waals surface area contributed by atoms with Gasteiger partial charge in [-0.15, -0.1) is 11.3 Å². The summed E-state index contributed by atoms with van der Waals surface area (Å²) in [7, 11) is -3.63. The molecule has 2 N–H and O–H groups in total. The monoisotopic (exact) mass is 469 g/mol. The van der Waals surface area contributed by atoms with Crippen LogP contribution in [0.25, 0.3) is 0 Å². The van der Waals surface area contributed by atoms with E-state index in [1.807, 2.05) is 0 Å². The third kappa shape index (κ3) is 6.25. The molecule has 0 aliphatic rings. The number of nitrogens with one attached hydrogen (secondary N) is 2. The molecule has 0 aliphatic heterocycles. The van der Waals surface area contributed by atoms with Crippen LogP contribution in [0.3, 0.4) is 0 Å². The molecule has 0 saturated carbocycles. The van der Waals surface area contributed by atoms with Crippen LogP contribution >= 0.6 is 34.5 Å². The Morgan fingerprint density at radius 1 is 1.10 bits per heavy atom. The standard InChI is InChI=1S/C19H17Cl2N3O3S2/c20-14-6-7-17(21)13(10-14)11-15-12-22-19(28-15)24-18(25)8-9-23-29(26,27)16-4-2-1-3-5-16/h1-7,10,12,23H,8-9,11H2,(H,22,24,25). The number of carbonyl (C=O) groups is 1. The normalized spacial score (nSPS) is 11.4. The Balaban J connectivity index is 1.51. The first-order valence-corrected chi connectivity index (χ1v) is 11.6. The molecule has 6 nitrogen and oxygen atoms in total. The highest BCUT2D eigenvalue weighted by atomic mass is 35.5. The number of benzene rings is 2. The minimum atomic E-state index is -3.63. The van der Waals surface area contributed by atoms with Crippen LogP contribution in [0.1, 0.15) is 16.9 Å². The van der Waals surface area contributed by atoms with E-state index in [0.717, 1.165) is 10.4 Å². The van der Waals surface area contributed by atoms with E-state index >= 15 is 0 Å². The second-order valence-electron chi connectivity index (χ2n) is 6.05. The zero-order valence-corrected chi connectivity index (χ0v) is 18.2. The van der Waals surface area contributed by atoms with Gasteiger partial charge in [-0.25, -0.2) is 18.1 Å². The zero-order valence-electron chi connectivity index (χ0n) is 15.1. The molecule has 10 heteroatoms. The number of hydrogen-bond donors (Lipinski definition) is 2. The molecular formula is C19H17Cl2N3O3S2. The van der Waals surface area contributed by atoms with Crippen molar-refractivity contribution in [3.05, 3.63) is 75.2 Å². The molecule has 0 fully saturated rings. The maximum Gasteiger partial charge on any atom is 0.240 e. The van der Waals surface area contributed by atoms with E-state index < -0.39 is 10.0 Å². The maximum atomic E-state index is 12.1. The highest BCUT2D eigenvalue weighted by Crippen LogP contribution is 2.27. The average Bonchev–Trinajstić information content (AvgIpc) is 3.12. The second kappa shape index (κ2) is 9.69. The zero-order chi connectivity index (χ0) is 20.9. The Labute approximate surface area is 182 Å². The van der Waals surface area contributed by atoms with Crippen LogP contribution in [0.5, 0.6) is 0 Å². The predicted octanol–water partition coefficient (Wildman–Crippen LogP) is 4.35. The molecule has 0 unspecified atom stereocenters. The van der Waals surface area contributed by atoms with Gasteiger partial charge in [0.05, 0.1) is 4.90 Å². The molecule has 3 aromatic rings. The lowest BCUT2D eigenvalue weighted by Crippen LogP contribution is -2.27. The van der Waals surface area contributed by atoms with Crippen LogP contribution in [-0.4, -0.2) is 25.9 Å². The number of halogens is 2. The molecule has 0 aliphatic carbocycles. The fraction of sp³-hybridized carbons (Fsp3) is 0.158. The van der Waals surface area contributed by atoms with Gasteiger partial charge in [0.2, 0.25) is 15.9 Å². The molecule has 2 aromatic carbocycles. The summed E-state index contributed by atoms with van der Waals surface area (Å²) in [5.74, 6) is -0.331. The lowest BCUT2D eigenvalue weighted by Gasteiger charge is -2.06.